The van der Waals surface area contributed by atoms with E-state index in [1.165, 1.54) is 4.31 Å². The number of hydrogen-bond donors (Lipinski definition) is 0. The minimum atomic E-state index is -3.68. The normalized spacial score (nSPS) is 18.4. The highest BCUT2D eigenvalue weighted by Gasteiger charge is 2.35. The van der Waals surface area contributed by atoms with E-state index in [-0.39, 0.29) is 35.9 Å². The fourth-order valence-electron chi connectivity index (χ4n) is 4.99. The van der Waals surface area contributed by atoms with E-state index in [4.69, 9.17) is 4.74 Å². The Labute approximate surface area is 200 Å². The highest BCUT2D eigenvalue weighted by atomic mass is 32.2. The van der Waals surface area contributed by atoms with Crippen LogP contribution in [0, 0.1) is 0 Å². The minimum Gasteiger partial charge on any atom is -0.491 e. The lowest BCUT2D eigenvalue weighted by Gasteiger charge is -2.34. The zero-order valence-electron chi connectivity index (χ0n) is 19.5. The van der Waals surface area contributed by atoms with E-state index in [1.807, 2.05) is 13.8 Å². The number of sulfonamides is 1. The molecule has 0 unspecified atom stereocenters. The number of piperazine rings is 1. The number of carbonyl (C=O) groups is 2. The monoisotopic (exact) mass is 483 g/mol. The van der Waals surface area contributed by atoms with Gasteiger partial charge < -0.3 is 14.5 Å². The SMILES string of the molecule is CC(C)Oc1ccc(C(=O)N2CCN(S(=O)(=O)c3cc4c5c(c3)CCN5C(=O)CC4)CC2)cc1. The van der Waals surface area contributed by atoms with E-state index in [2.05, 4.69) is 0 Å². The van der Waals surface area contributed by atoms with Gasteiger partial charge in [0.25, 0.3) is 5.91 Å². The van der Waals surface area contributed by atoms with Gasteiger partial charge in [-0.05, 0) is 74.2 Å². The standard InChI is InChI=1S/C25H29N3O5S/c1-17(2)33-21-6-3-18(4-7-21)25(30)26-11-13-27(14-12-26)34(31,32)22-15-19-5-8-23(29)28-10-9-20(16-22)24(19)28/h3-4,6-7,15-17H,5,8-14H2,1-2H3. The predicted molar refractivity (Wildman–Crippen MR) is 128 cm³/mol. The molecule has 0 bridgehead atoms. The van der Waals surface area contributed by atoms with Gasteiger partial charge in [0.1, 0.15) is 5.75 Å². The molecule has 0 aromatic heterocycles. The molecule has 1 saturated heterocycles. The molecular formula is C25H29N3O5S. The zero-order valence-corrected chi connectivity index (χ0v) is 20.3. The summed E-state index contributed by atoms with van der Waals surface area (Å²) >= 11 is 0. The van der Waals surface area contributed by atoms with E-state index in [1.54, 1.807) is 46.2 Å². The van der Waals surface area contributed by atoms with Crippen molar-refractivity contribution in [1.29, 1.82) is 0 Å². The lowest BCUT2D eigenvalue weighted by atomic mass is 10.00. The van der Waals surface area contributed by atoms with Crippen LogP contribution in [0.5, 0.6) is 5.75 Å². The number of rotatable bonds is 5. The maximum Gasteiger partial charge on any atom is 0.253 e. The van der Waals surface area contributed by atoms with Gasteiger partial charge in [0.15, 0.2) is 0 Å². The minimum absolute atomic E-state index is 0.0580. The quantitative estimate of drug-likeness (QED) is 0.652. The van der Waals surface area contributed by atoms with Crippen LogP contribution >= 0.6 is 0 Å². The zero-order chi connectivity index (χ0) is 24.0. The number of anilines is 1. The smallest absolute Gasteiger partial charge is 0.253 e. The molecular weight excluding hydrogens is 454 g/mol. The largest absolute Gasteiger partial charge is 0.491 e. The predicted octanol–water partition coefficient (Wildman–Crippen LogP) is 2.46. The van der Waals surface area contributed by atoms with Crippen LogP contribution in [-0.4, -0.2) is 68.3 Å². The topological polar surface area (TPSA) is 87.2 Å². The summed E-state index contributed by atoms with van der Waals surface area (Å²) in [6.07, 6.45) is 1.73. The Hall–Kier alpha value is -2.91. The molecule has 5 rings (SSSR count). The van der Waals surface area contributed by atoms with Crippen molar-refractivity contribution in [2.45, 2.75) is 44.1 Å². The molecule has 0 atom stereocenters. The number of amides is 2. The van der Waals surface area contributed by atoms with E-state index in [0.29, 0.717) is 50.2 Å². The molecule has 180 valence electrons. The molecule has 0 N–H and O–H groups in total. The molecule has 9 heteroatoms. The first-order valence-electron chi connectivity index (χ1n) is 11.8. The van der Waals surface area contributed by atoms with E-state index in [9.17, 15) is 18.0 Å². The summed E-state index contributed by atoms with van der Waals surface area (Å²) in [5, 5.41) is 0. The average Bonchev–Trinajstić information content (AvgIpc) is 3.27. The van der Waals surface area contributed by atoms with Crippen molar-refractivity contribution in [3.8, 4) is 5.75 Å². The van der Waals surface area contributed by atoms with Gasteiger partial charge in [0.2, 0.25) is 15.9 Å². The first-order chi connectivity index (χ1) is 16.2. The summed E-state index contributed by atoms with van der Waals surface area (Å²) in [5.41, 5.74) is 3.34. The number of carbonyl (C=O) groups excluding carboxylic acids is 2. The summed E-state index contributed by atoms with van der Waals surface area (Å²) < 4.78 is 33.9. The fraction of sp³-hybridized carbons (Fsp3) is 0.440. The second-order valence-electron chi connectivity index (χ2n) is 9.27. The molecule has 0 radical (unpaired) electrons. The average molecular weight is 484 g/mol. The molecule has 2 aromatic rings. The summed E-state index contributed by atoms with van der Waals surface area (Å²) in [7, 11) is -3.68. The Morgan fingerprint density at radius 1 is 0.912 bits per heavy atom. The number of ether oxygens (including phenoxy) is 1. The van der Waals surface area contributed by atoms with E-state index in [0.717, 1.165) is 16.8 Å². The number of hydrogen-bond acceptors (Lipinski definition) is 5. The first kappa shape index (κ1) is 22.9. The van der Waals surface area contributed by atoms with Crippen molar-refractivity contribution < 1.29 is 22.7 Å². The van der Waals surface area contributed by atoms with Crippen LogP contribution in [0.15, 0.2) is 41.3 Å². The van der Waals surface area contributed by atoms with Gasteiger partial charge in [-0.25, -0.2) is 8.42 Å². The fourth-order valence-corrected chi connectivity index (χ4v) is 6.51. The second kappa shape index (κ2) is 8.70. The third kappa shape index (κ3) is 4.07. The molecule has 34 heavy (non-hydrogen) atoms. The van der Waals surface area contributed by atoms with Crippen LogP contribution in [0.4, 0.5) is 5.69 Å². The van der Waals surface area contributed by atoms with Crippen LogP contribution in [0.1, 0.15) is 41.8 Å². The summed E-state index contributed by atoms with van der Waals surface area (Å²) in [6.45, 7) is 5.68. The number of benzene rings is 2. The number of aryl methyl sites for hydroxylation is 1. The van der Waals surface area contributed by atoms with Gasteiger partial charge >= 0.3 is 0 Å². The molecule has 8 nitrogen and oxygen atoms in total. The van der Waals surface area contributed by atoms with Gasteiger partial charge in [0.05, 0.1) is 16.7 Å². The maximum absolute atomic E-state index is 13.4. The van der Waals surface area contributed by atoms with Crippen molar-refractivity contribution in [2.75, 3.05) is 37.6 Å². The third-order valence-electron chi connectivity index (χ3n) is 6.66. The second-order valence-corrected chi connectivity index (χ2v) is 11.2. The highest BCUT2D eigenvalue weighted by Crippen LogP contribution is 2.39. The lowest BCUT2D eigenvalue weighted by Crippen LogP contribution is -2.50. The Morgan fingerprint density at radius 3 is 2.21 bits per heavy atom. The van der Waals surface area contributed by atoms with Crippen LogP contribution in [-0.2, 0) is 27.7 Å². The van der Waals surface area contributed by atoms with Crippen molar-refractivity contribution in [3.63, 3.8) is 0 Å². The van der Waals surface area contributed by atoms with E-state index < -0.39 is 10.0 Å². The van der Waals surface area contributed by atoms with Crippen LogP contribution in [0.3, 0.4) is 0 Å². The molecule has 3 heterocycles. The van der Waals surface area contributed by atoms with Gasteiger partial charge in [-0.15, -0.1) is 0 Å². The molecule has 3 aliphatic rings. The van der Waals surface area contributed by atoms with Crippen molar-refractivity contribution in [2.24, 2.45) is 0 Å². The van der Waals surface area contributed by atoms with Crippen molar-refractivity contribution >= 4 is 27.5 Å². The Kier molecular flexibility index (Phi) is 5.85. The molecule has 3 aliphatic heterocycles. The summed E-state index contributed by atoms with van der Waals surface area (Å²) in [6, 6.07) is 10.5. The molecule has 0 aliphatic carbocycles. The lowest BCUT2D eigenvalue weighted by molar-refractivity contribution is -0.118. The molecule has 0 saturated carbocycles. The van der Waals surface area contributed by atoms with Crippen LogP contribution in [0.2, 0.25) is 0 Å². The summed E-state index contributed by atoms with van der Waals surface area (Å²) in [4.78, 5) is 28.9. The Bertz CT molecular complexity index is 1230. The van der Waals surface area contributed by atoms with Gasteiger partial charge in [-0.3, -0.25) is 9.59 Å². The number of nitrogens with zero attached hydrogens (tertiary/aromatic N) is 3. The maximum atomic E-state index is 13.4. The van der Waals surface area contributed by atoms with Crippen LogP contribution in [0.25, 0.3) is 0 Å². The highest BCUT2D eigenvalue weighted by molar-refractivity contribution is 7.89. The third-order valence-corrected chi connectivity index (χ3v) is 8.54. The first-order valence-corrected chi connectivity index (χ1v) is 13.2. The Balaban J connectivity index is 1.28. The summed E-state index contributed by atoms with van der Waals surface area (Å²) in [5.74, 6) is 0.716. The van der Waals surface area contributed by atoms with Crippen molar-refractivity contribution in [1.82, 2.24) is 9.21 Å². The van der Waals surface area contributed by atoms with Gasteiger partial charge in [-0.1, -0.05) is 0 Å². The van der Waals surface area contributed by atoms with E-state index >= 15 is 0 Å². The van der Waals surface area contributed by atoms with Crippen molar-refractivity contribution in [3.05, 3.63) is 53.1 Å². The molecule has 0 spiro atoms. The Morgan fingerprint density at radius 2 is 1.56 bits per heavy atom. The molecule has 1 fully saturated rings. The molecule has 2 amide bonds. The van der Waals surface area contributed by atoms with Gasteiger partial charge in [-0.2, -0.15) is 4.31 Å². The van der Waals surface area contributed by atoms with Gasteiger partial charge in [0, 0.05) is 44.7 Å². The molecule has 2 aromatic carbocycles. The van der Waals surface area contributed by atoms with Crippen LogP contribution < -0.4 is 9.64 Å².